The van der Waals surface area contributed by atoms with Crippen LogP contribution in [-0.4, -0.2) is 56.4 Å². The van der Waals surface area contributed by atoms with Crippen LogP contribution in [0, 0.1) is 0 Å². The van der Waals surface area contributed by atoms with Gasteiger partial charge in [0.25, 0.3) is 0 Å². The van der Waals surface area contributed by atoms with Crippen molar-refractivity contribution in [3.63, 3.8) is 0 Å². The van der Waals surface area contributed by atoms with Crippen LogP contribution < -0.4 is 10.2 Å². The molecule has 2 aliphatic heterocycles. The molecular formula is C26H29N7O. The van der Waals surface area contributed by atoms with E-state index in [1.807, 2.05) is 36.7 Å². The molecule has 0 unspecified atom stereocenters. The number of aromatic hydroxyl groups is 1. The van der Waals surface area contributed by atoms with Crippen molar-refractivity contribution in [1.29, 1.82) is 0 Å². The van der Waals surface area contributed by atoms with Crippen molar-refractivity contribution in [1.82, 2.24) is 30.5 Å². The number of rotatable bonds is 4. The highest BCUT2D eigenvalue weighted by atomic mass is 16.3. The summed E-state index contributed by atoms with van der Waals surface area (Å²) in [6, 6.07) is 9.29. The van der Waals surface area contributed by atoms with Crippen LogP contribution in [0.5, 0.6) is 5.75 Å². The van der Waals surface area contributed by atoms with Gasteiger partial charge in [0, 0.05) is 42.6 Å². The van der Waals surface area contributed by atoms with Gasteiger partial charge in [-0.1, -0.05) is 12.1 Å². The predicted molar refractivity (Wildman–Crippen MR) is 132 cm³/mol. The molecule has 8 heteroatoms. The fourth-order valence-electron chi connectivity index (χ4n) is 5.35. The second kappa shape index (κ2) is 9.02. The number of piperidine rings is 2. The van der Waals surface area contributed by atoms with Gasteiger partial charge >= 0.3 is 0 Å². The number of phenols is 1. The molecule has 3 N–H and O–H groups in total. The molecule has 2 aliphatic rings. The van der Waals surface area contributed by atoms with Crippen LogP contribution in [0.15, 0.2) is 48.9 Å². The minimum absolute atomic E-state index is 0.215. The number of aromatic amines is 1. The van der Waals surface area contributed by atoms with Gasteiger partial charge < -0.3 is 20.3 Å². The van der Waals surface area contributed by atoms with E-state index in [2.05, 4.69) is 31.6 Å². The first-order valence-electron chi connectivity index (χ1n) is 12.2. The molecule has 2 saturated heterocycles. The minimum Gasteiger partial charge on any atom is -0.507 e. The van der Waals surface area contributed by atoms with Crippen LogP contribution in [0.3, 0.4) is 0 Å². The molecule has 0 spiro atoms. The molecule has 4 aromatic rings. The molecule has 0 bridgehead atoms. The van der Waals surface area contributed by atoms with Crippen molar-refractivity contribution in [2.24, 2.45) is 0 Å². The normalized spacial score (nSPS) is 17.9. The van der Waals surface area contributed by atoms with Crippen LogP contribution >= 0.6 is 0 Å². The third-order valence-electron chi connectivity index (χ3n) is 7.34. The molecule has 2 fully saturated rings. The summed E-state index contributed by atoms with van der Waals surface area (Å²) < 4.78 is 0. The van der Waals surface area contributed by atoms with Crippen LogP contribution in [0.2, 0.25) is 0 Å². The SMILES string of the molecule is Oc1ccccc1-c1cc2c(C3CCN(c4ncc(C5CCNCC5)cn4)CC3)c[nH]c2nn1. The number of anilines is 1. The lowest BCUT2D eigenvalue weighted by Gasteiger charge is -2.32. The molecule has 0 radical (unpaired) electrons. The molecule has 34 heavy (non-hydrogen) atoms. The molecule has 174 valence electrons. The van der Waals surface area contributed by atoms with Crippen molar-refractivity contribution >= 4 is 17.0 Å². The van der Waals surface area contributed by atoms with Crippen LogP contribution in [0.25, 0.3) is 22.3 Å². The molecule has 0 amide bonds. The Bertz CT molecular complexity index is 1270. The van der Waals surface area contributed by atoms with E-state index < -0.39 is 0 Å². The zero-order chi connectivity index (χ0) is 22.9. The highest BCUT2D eigenvalue weighted by molar-refractivity contribution is 5.84. The Hall–Kier alpha value is -3.52. The van der Waals surface area contributed by atoms with Crippen molar-refractivity contribution in [3.8, 4) is 17.0 Å². The van der Waals surface area contributed by atoms with Gasteiger partial charge in [-0.15, -0.1) is 10.2 Å². The molecule has 1 aromatic carbocycles. The first-order valence-corrected chi connectivity index (χ1v) is 12.2. The lowest BCUT2D eigenvalue weighted by molar-refractivity contribution is 0.458. The Labute approximate surface area is 198 Å². The number of para-hydroxylation sites is 1. The number of hydrogen-bond acceptors (Lipinski definition) is 7. The van der Waals surface area contributed by atoms with Crippen molar-refractivity contribution in [2.75, 3.05) is 31.1 Å². The van der Waals surface area contributed by atoms with Gasteiger partial charge in [0.05, 0.1) is 5.69 Å². The average Bonchev–Trinajstić information content (AvgIpc) is 3.33. The van der Waals surface area contributed by atoms with Crippen LogP contribution in [0.1, 0.15) is 48.6 Å². The second-order valence-electron chi connectivity index (χ2n) is 9.36. The first kappa shape index (κ1) is 21.0. The van der Waals surface area contributed by atoms with Gasteiger partial charge in [-0.3, -0.25) is 0 Å². The van der Waals surface area contributed by atoms with E-state index in [0.717, 1.165) is 68.8 Å². The summed E-state index contributed by atoms with van der Waals surface area (Å²) in [5.74, 6) is 2.06. The fourth-order valence-corrected chi connectivity index (χ4v) is 5.35. The Morgan fingerprint density at radius 1 is 0.912 bits per heavy atom. The number of benzene rings is 1. The summed E-state index contributed by atoms with van der Waals surface area (Å²) in [4.78, 5) is 15.0. The van der Waals surface area contributed by atoms with Crippen molar-refractivity contribution in [2.45, 2.75) is 37.5 Å². The van der Waals surface area contributed by atoms with Crippen LogP contribution in [-0.2, 0) is 0 Å². The number of nitrogens with zero attached hydrogens (tertiary/aromatic N) is 5. The molecule has 0 aliphatic carbocycles. The number of hydrogen-bond donors (Lipinski definition) is 3. The Kier molecular flexibility index (Phi) is 5.58. The van der Waals surface area contributed by atoms with Gasteiger partial charge in [0.2, 0.25) is 5.95 Å². The summed E-state index contributed by atoms with van der Waals surface area (Å²) in [7, 11) is 0. The highest BCUT2D eigenvalue weighted by Crippen LogP contribution is 2.36. The number of phenolic OH excluding ortho intramolecular Hbond substituents is 1. The second-order valence-corrected chi connectivity index (χ2v) is 9.36. The maximum atomic E-state index is 10.2. The topological polar surface area (TPSA) is 103 Å². The van der Waals surface area contributed by atoms with E-state index in [1.54, 1.807) is 6.07 Å². The minimum atomic E-state index is 0.215. The van der Waals surface area contributed by atoms with Crippen LogP contribution in [0.4, 0.5) is 5.95 Å². The zero-order valence-electron chi connectivity index (χ0n) is 19.1. The molecular weight excluding hydrogens is 426 g/mol. The number of aromatic nitrogens is 5. The summed E-state index contributed by atoms with van der Waals surface area (Å²) in [6.07, 6.45) is 10.5. The van der Waals surface area contributed by atoms with Crippen molar-refractivity contribution in [3.05, 3.63) is 60.0 Å². The summed E-state index contributed by atoms with van der Waals surface area (Å²) in [5.41, 5.74) is 4.70. The Balaban J connectivity index is 1.17. The third kappa shape index (κ3) is 3.98. The van der Waals surface area contributed by atoms with Gasteiger partial charge in [0.15, 0.2) is 5.65 Å². The first-order chi connectivity index (χ1) is 16.8. The molecule has 0 atom stereocenters. The van der Waals surface area contributed by atoms with Crippen molar-refractivity contribution < 1.29 is 5.11 Å². The van der Waals surface area contributed by atoms with Gasteiger partial charge in [-0.05, 0) is 79.9 Å². The molecule has 8 nitrogen and oxygen atoms in total. The summed E-state index contributed by atoms with van der Waals surface area (Å²) in [6.45, 7) is 4.00. The van der Waals surface area contributed by atoms with E-state index in [4.69, 9.17) is 9.97 Å². The largest absolute Gasteiger partial charge is 0.507 e. The molecule has 0 saturated carbocycles. The monoisotopic (exact) mass is 455 g/mol. The predicted octanol–water partition coefficient (Wildman–Crippen LogP) is 3.97. The van der Waals surface area contributed by atoms with E-state index in [9.17, 15) is 5.11 Å². The lowest BCUT2D eigenvalue weighted by Crippen LogP contribution is -2.34. The number of H-pyrrole nitrogens is 1. The molecule has 6 rings (SSSR count). The highest BCUT2D eigenvalue weighted by Gasteiger charge is 2.25. The molecule has 5 heterocycles. The van der Waals surface area contributed by atoms with E-state index in [-0.39, 0.29) is 5.75 Å². The molecule has 3 aromatic heterocycles. The van der Waals surface area contributed by atoms with E-state index >= 15 is 0 Å². The fraction of sp³-hybridized carbons (Fsp3) is 0.385. The summed E-state index contributed by atoms with van der Waals surface area (Å²) in [5, 5.41) is 23.4. The van der Waals surface area contributed by atoms with Gasteiger partial charge in [-0.25, -0.2) is 9.97 Å². The third-order valence-corrected chi connectivity index (χ3v) is 7.34. The number of fused-ring (bicyclic) bond motifs is 1. The zero-order valence-corrected chi connectivity index (χ0v) is 19.1. The smallest absolute Gasteiger partial charge is 0.225 e. The Morgan fingerprint density at radius 3 is 2.44 bits per heavy atom. The quantitative estimate of drug-likeness (QED) is 0.428. The summed E-state index contributed by atoms with van der Waals surface area (Å²) >= 11 is 0. The lowest BCUT2D eigenvalue weighted by atomic mass is 9.89. The van der Waals surface area contributed by atoms with E-state index in [1.165, 1.54) is 11.1 Å². The van der Waals surface area contributed by atoms with E-state index in [0.29, 0.717) is 23.1 Å². The maximum absolute atomic E-state index is 10.2. The average molecular weight is 456 g/mol. The maximum Gasteiger partial charge on any atom is 0.225 e. The Morgan fingerprint density at radius 2 is 1.68 bits per heavy atom. The van der Waals surface area contributed by atoms with Gasteiger partial charge in [0.1, 0.15) is 5.75 Å². The van der Waals surface area contributed by atoms with Gasteiger partial charge in [-0.2, -0.15) is 0 Å². The standard InChI is InChI=1S/C26H29N7O/c34-24-4-2-1-3-20(24)23-13-21-22(16-28-25(21)32-31-23)18-7-11-33(12-8-18)26-29-14-19(15-30-26)17-5-9-27-10-6-17/h1-4,13-18,27,34H,5-12H2,(H,28,32). The number of nitrogens with one attached hydrogen (secondary N) is 2.